The van der Waals surface area contributed by atoms with E-state index in [9.17, 15) is 9.50 Å². The van der Waals surface area contributed by atoms with Gasteiger partial charge in [0.05, 0.1) is 6.10 Å². The van der Waals surface area contributed by atoms with Crippen LogP contribution in [0.1, 0.15) is 18.6 Å². The third-order valence-electron chi connectivity index (χ3n) is 3.39. The Kier molecular flexibility index (Phi) is 3.59. The molecule has 0 radical (unpaired) electrons. The molecule has 0 aliphatic rings. The largest absolute Gasteiger partial charge is 0.454 e. The Labute approximate surface area is 122 Å². The van der Waals surface area contributed by atoms with Crippen LogP contribution < -0.4 is 4.74 Å². The average Bonchev–Trinajstić information content (AvgIpc) is 2.49. The van der Waals surface area contributed by atoms with Crippen molar-refractivity contribution in [3.05, 3.63) is 72.0 Å². The van der Waals surface area contributed by atoms with Crippen molar-refractivity contribution >= 4 is 10.8 Å². The number of aliphatic hydroxyl groups is 1. The van der Waals surface area contributed by atoms with E-state index in [1.807, 2.05) is 36.4 Å². The van der Waals surface area contributed by atoms with Crippen LogP contribution in [-0.4, -0.2) is 5.11 Å². The van der Waals surface area contributed by atoms with Gasteiger partial charge in [0.15, 0.2) is 11.6 Å². The van der Waals surface area contributed by atoms with Crippen LogP contribution in [0.25, 0.3) is 10.8 Å². The second-order valence-electron chi connectivity index (χ2n) is 4.95. The average molecular weight is 282 g/mol. The molecule has 0 saturated heterocycles. The summed E-state index contributed by atoms with van der Waals surface area (Å²) in [6, 6.07) is 18.0. The highest BCUT2D eigenvalue weighted by atomic mass is 19.1. The molecule has 21 heavy (non-hydrogen) atoms. The van der Waals surface area contributed by atoms with E-state index in [2.05, 4.69) is 0 Å². The maximum Gasteiger partial charge on any atom is 0.168 e. The van der Waals surface area contributed by atoms with E-state index in [0.29, 0.717) is 11.3 Å². The van der Waals surface area contributed by atoms with Crippen LogP contribution in [0.15, 0.2) is 60.7 Å². The first-order chi connectivity index (χ1) is 10.1. The zero-order valence-electron chi connectivity index (χ0n) is 11.6. The molecular formula is C18H15FO2. The van der Waals surface area contributed by atoms with Crippen LogP contribution in [0.2, 0.25) is 0 Å². The fraction of sp³-hybridized carbons (Fsp3) is 0.111. The number of hydrogen-bond acceptors (Lipinski definition) is 2. The van der Waals surface area contributed by atoms with Gasteiger partial charge in [-0.25, -0.2) is 4.39 Å². The highest BCUT2D eigenvalue weighted by Gasteiger charge is 2.14. The Balaban J connectivity index is 2.02. The molecule has 0 amide bonds. The van der Waals surface area contributed by atoms with Crippen molar-refractivity contribution in [3.8, 4) is 11.5 Å². The van der Waals surface area contributed by atoms with Crippen molar-refractivity contribution < 1.29 is 14.2 Å². The summed E-state index contributed by atoms with van der Waals surface area (Å²) < 4.78 is 19.6. The first-order valence-corrected chi connectivity index (χ1v) is 6.78. The van der Waals surface area contributed by atoms with Gasteiger partial charge < -0.3 is 9.84 Å². The summed E-state index contributed by atoms with van der Waals surface area (Å²) in [6.07, 6.45) is -0.795. The van der Waals surface area contributed by atoms with Gasteiger partial charge in [-0.05, 0) is 35.9 Å². The minimum Gasteiger partial charge on any atom is -0.454 e. The molecule has 3 rings (SSSR count). The van der Waals surface area contributed by atoms with Crippen molar-refractivity contribution in [2.24, 2.45) is 0 Å². The number of benzene rings is 3. The normalized spacial score (nSPS) is 12.3. The Morgan fingerprint density at radius 1 is 0.952 bits per heavy atom. The van der Waals surface area contributed by atoms with Crippen LogP contribution in [0, 0.1) is 5.82 Å². The van der Waals surface area contributed by atoms with Crippen molar-refractivity contribution in [2.75, 3.05) is 0 Å². The highest BCUT2D eigenvalue weighted by molar-refractivity contribution is 5.83. The first kappa shape index (κ1) is 13.6. The fourth-order valence-corrected chi connectivity index (χ4v) is 2.31. The standard InChI is InChI=1S/C18H15FO2/c1-12(20)16-7-4-8-17(19)18(16)21-15-10-9-13-5-2-3-6-14(13)11-15/h2-12,20H,1H3/t12-/m1/s1. The van der Waals surface area contributed by atoms with Gasteiger partial charge in [-0.1, -0.05) is 42.5 Å². The number of rotatable bonds is 3. The van der Waals surface area contributed by atoms with Crippen LogP contribution in [-0.2, 0) is 0 Å². The number of ether oxygens (including phenoxy) is 1. The monoisotopic (exact) mass is 282 g/mol. The Hall–Kier alpha value is -2.39. The van der Waals surface area contributed by atoms with E-state index in [1.165, 1.54) is 6.07 Å². The molecule has 1 N–H and O–H groups in total. The third-order valence-corrected chi connectivity index (χ3v) is 3.39. The maximum absolute atomic E-state index is 14.0. The van der Waals surface area contributed by atoms with Gasteiger partial charge in [-0.2, -0.15) is 0 Å². The third kappa shape index (κ3) is 2.73. The molecular weight excluding hydrogens is 267 g/mol. The van der Waals surface area contributed by atoms with Crippen LogP contribution in [0.3, 0.4) is 0 Å². The SMILES string of the molecule is C[C@@H](O)c1cccc(F)c1Oc1ccc2ccccc2c1. The summed E-state index contributed by atoms with van der Waals surface area (Å²) in [7, 11) is 0. The van der Waals surface area contributed by atoms with Crippen molar-refractivity contribution in [1.29, 1.82) is 0 Å². The van der Waals surface area contributed by atoms with Crippen molar-refractivity contribution in [1.82, 2.24) is 0 Å². The van der Waals surface area contributed by atoms with E-state index in [1.54, 1.807) is 25.1 Å². The topological polar surface area (TPSA) is 29.5 Å². The van der Waals surface area contributed by atoms with Gasteiger partial charge >= 0.3 is 0 Å². The summed E-state index contributed by atoms with van der Waals surface area (Å²) in [5, 5.41) is 11.8. The molecule has 0 fully saturated rings. The van der Waals surface area contributed by atoms with E-state index in [-0.39, 0.29) is 5.75 Å². The molecule has 0 heterocycles. The first-order valence-electron chi connectivity index (χ1n) is 6.78. The van der Waals surface area contributed by atoms with Crippen LogP contribution in [0.5, 0.6) is 11.5 Å². The highest BCUT2D eigenvalue weighted by Crippen LogP contribution is 2.33. The zero-order valence-corrected chi connectivity index (χ0v) is 11.6. The lowest BCUT2D eigenvalue weighted by atomic mass is 10.1. The predicted molar refractivity (Wildman–Crippen MR) is 81.1 cm³/mol. The van der Waals surface area contributed by atoms with E-state index < -0.39 is 11.9 Å². The number of fused-ring (bicyclic) bond motifs is 1. The van der Waals surface area contributed by atoms with Gasteiger partial charge in [0.1, 0.15) is 5.75 Å². The molecule has 0 aliphatic carbocycles. The summed E-state index contributed by atoms with van der Waals surface area (Å²) in [6.45, 7) is 1.59. The quantitative estimate of drug-likeness (QED) is 0.746. The van der Waals surface area contributed by atoms with Crippen molar-refractivity contribution in [2.45, 2.75) is 13.0 Å². The van der Waals surface area contributed by atoms with E-state index >= 15 is 0 Å². The Morgan fingerprint density at radius 2 is 1.71 bits per heavy atom. The molecule has 0 unspecified atom stereocenters. The molecule has 0 spiro atoms. The van der Waals surface area contributed by atoms with Gasteiger partial charge in [0.2, 0.25) is 0 Å². The molecule has 3 heteroatoms. The number of hydrogen-bond donors (Lipinski definition) is 1. The summed E-state index contributed by atoms with van der Waals surface area (Å²) >= 11 is 0. The summed E-state index contributed by atoms with van der Waals surface area (Å²) in [4.78, 5) is 0. The minimum atomic E-state index is -0.795. The van der Waals surface area contributed by atoms with Crippen LogP contribution in [0.4, 0.5) is 4.39 Å². The summed E-state index contributed by atoms with van der Waals surface area (Å²) in [5.74, 6) is 0.130. The molecule has 0 aromatic heterocycles. The Morgan fingerprint density at radius 3 is 2.48 bits per heavy atom. The lowest BCUT2D eigenvalue weighted by Gasteiger charge is -2.14. The molecule has 2 nitrogen and oxygen atoms in total. The maximum atomic E-state index is 14.0. The molecule has 106 valence electrons. The smallest absolute Gasteiger partial charge is 0.168 e. The molecule has 0 aliphatic heterocycles. The van der Waals surface area contributed by atoms with Crippen LogP contribution >= 0.6 is 0 Å². The van der Waals surface area contributed by atoms with Gasteiger partial charge in [-0.15, -0.1) is 0 Å². The minimum absolute atomic E-state index is 0.0720. The number of aliphatic hydroxyl groups excluding tert-OH is 1. The zero-order chi connectivity index (χ0) is 14.8. The predicted octanol–water partition coefficient (Wildman–Crippen LogP) is 4.82. The van der Waals surface area contributed by atoms with E-state index in [4.69, 9.17) is 4.74 Å². The van der Waals surface area contributed by atoms with Gasteiger partial charge in [0.25, 0.3) is 0 Å². The number of halogens is 1. The molecule has 3 aromatic rings. The molecule has 0 saturated carbocycles. The van der Waals surface area contributed by atoms with Crippen molar-refractivity contribution in [3.63, 3.8) is 0 Å². The van der Waals surface area contributed by atoms with Gasteiger partial charge in [-0.3, -0.25) is 0 Å². The number of para-hydroxylation sites is 1. The second kappa shape index (κ2) is 5.54. The second-order valence-corrected chi connectivity index (χ2v) is 4.95. The Bertz CT molecular complexity index is 781. The van der Waals surface area contributed by atoms with E-state index in [0.717, 1.165) is 10.8 Å². The van der Waals surface area contributed by atoms with Gasteiger partial charge in [0, 0.05) is 5.56 Å². The molecule has 0 bridgehead atoms. The lowest BCUT2D eigenvalue weighted by Crippen LogP contribution is -1.98. The lowest BCUT2D eigenvalue weighted by molar-refractivity contribution is 0.194. The molecule has 1 atom stereocenters. The fourth-order valence-electron chi connectivity index (χ4n) is 2.31. The summed E-state index contributed by atoms with van der Waals surface area (Å²) in [5.41, 5.74) is 0.433. The molecule has 3 aromatic carbocycles.